The van der Waals surface area contributed by atoms with Gasteiger partial charge in [-0.25, -0.2) is 9.59 Å². The van der Waals surface area contributed by atoms with Gasteiger partial charge in [0, 0.05) is 0 Å². The highest BCUT2D eigenvalue weighted by atomic mass is 16.6. The molecular weight excluding hydrogens is 366 g/mol. The number of hydrogen-bond acceptors (Lipinski definition) is 4. The van der Waals surface area contributed by atoms with E-state index in [0.717, 1.165) is 38.5 Å². The van der Waals surface area contributed by atoms with E-state index in [1.165, 1.54) is 38.5 Å². The molecule has 2 unspecified atom stereocenters. The summed E-state index contributed by atoms with van der Waals surface area (Å²) in [6.07, 6.45) is 15.2. The largest absolute Gasteiger partial charge is 0.464 e. The normalized spacial score (nSPS) is 12.8. The van der Waals surface area contributed by atoms with Gasteiger partial charge in [0.25, 0.3) is 0 Å². The van der Waals surface area contributed by atoms with Crippen LogP contribution in [-0.4, -0.2) is 31.3 Å². The van der Waals surface area contributed by atoms with Crippen LogP contribution in [0.15, 0.2) is 12.7 Å². The van der Waals surface area contributed by atoms with Crippen molar-refractivity contribution >= 4 is 12.1 Å². The molecule has 0 saturated carbocycles. The highest BCUT2D eigenvalue weighted by Crippen LogP contribution is 2.13. The fraction of sp³-hybridized carbons (Fsp3) is 0.833. The topological polar surface area (TPSA) is 64.6 Å². The van der Waals surface area contributed by atoms with Crippen LogP contribution in [0, 0.1) is 5.92 Å². The lowest BCUT2D eigenvalue weighted by Gasteiger charge is -2.18. The van der Waals surface area contributed by atoms with Crippen LogP contribution < -0.4 is 5.32 Å². The molecule has 0 aromatic carbocycles. The molecule has 0 aliphatic rings. The highest BCUT2D eigenvalue weighted by Gasteiger charge is 2.22. The maximum absolute atomic E-state index is 12.3. The Morgan fingerprint density at radius 2 is 1.52 bits per heavy atom. The van der Waals surface area contributed by atoms with Gasteiger partial charge in [0.2, 0.25) is 0 Å². The summed E-state index contributed by atoms with van der Waals surface area (Å²) in [5.41, 5.74) is 0. The average molecular weight is 412 g/mol. The SMILES string of the molecule is C=CCC(NC(=O)OCC(CC)CCCC)C(=O)OCCCCCCCCCC. The average Bonchev–Trinajstić information content (AvgIpc) is 2.72. The van der Waals surface area contributed by atoms with Crippen molar-refractivity contribution in [2.45, 2.75) is 110 Å². The molecule has 2 atom stereocenters. The Bertz CT molecular complexity index is 425. The molecule has 29 heavy (non-hydrogen) atoms. The Morgan fingerprint density at radius 1 is 0.897 bits per heavy atom. The molecule has 170 valence electrons. The van der Waals surface area contributed by atoms with Crippen molar-refractivity contribution in [1.29, 1.82) is 0 Å². The lowest BCUT2D eigenvalue weighted by Crippen LogP contribution is -2.42. The van der Waals surface area contributed by atoms with Gasteiger partial charge >= 0.3 is 12.1 Å². The Hall–Kier alpha value is -1.52. The van der Waals surface area contributed by atoms with Crippen molar-refractivity contribution in [2.75, 3.05) is 13.2 Å². The lowest BCUT2D eigenvalue weighted by molar-refractivity contribution is -0.146. The van der Waals surface area contributed by atoms with Crippen molar-refractivity contribution < 1.29 is 19.1 Å². The van der Waals surface area contributed by atoms with Gasteiger partial charge < -0.3 is 14.8 Å². The summed E-state index contributed by atoms with van der Waals surface area (Å²) in [5, 5.41) is 2.63. The van der Waals surface area contributed by atoms with Crippen LogP contribution in [0.2, 0.25) is 0 Å². The van der Waals surface area contributed by atoms with Crippen molar-refractivity contribution in [3.63, 3.8) is 0 Å². The van der Waals surface area contributed by atoms with Gasteiger partial charge in [-0.1, -0.05) is 91.1 Å². The molecule has 0 spiro atoms. The second kappa shape index (κ2) is 19.8. The Labute approximate surface area is 179 Å². The molecule has 0 heterocycles. The van der Waals surface area contributed by atoms with E-state index < -0.39 is 18.1 Å². The number of carbonyl (C=O) groups excluding carboxylic acids is 2. The fourth-order valence-corrected chi connectivity index (χ4v) is 3.17. The zero-order valence-electron chi connectivity index (χ0n) is 19.2. The number of nitrogens with one attached hydrogen (secondary N) is 1. The minimum Gasteiger partial charge on any atom is -0.464 e. The number of carbonyl (C=O) groups is 2. The molecular formula is C24H45NO4. The predicted octanol–water partition coefficient (Wildman–Crippen LogP) is 6.56. The van der Waals surface area contributed by atoms with Crippen LogP contribution in [0.25, 0.3) is 0 Å². The van der Waals surface area contributed by atoms with Crippen molar-refractivity contribution in [3.8, 4) is 0 Å². The van der Waals surface area contributed by atoms with Crippen molar-refractivity contribution in [1.82, 2.24) is 5.32 Å². The molecule has 1 N–H and O–H groups in total. The summed E-state index contributed by atoms with van der Waals surface area (Å²) in [6.45, 7) is 10.9. The van der Waals surface area contributed by atoms with E-state index in [-0.39, 0.29) is 0 Å². The molecule has 0 aliphatic heterocycles. The van der Waals surface area contributed by atoms with Gasteiger partial charge in [0.15, 0.2) is 0 Å². The van der Waals surface area contributed by atoms with E-state index in [1.54, 1.807) is 6.08 Å². The molecule has 0 aromatic heterocycles. The summed E-state index contributed by atoms with van der Waals surface area (Å²) in [6, 6.07) is -0.732. The summed E-state index contributed by atoms with van der Waals surface area (Å²) < 4.78 is 10.7. The number of ether oxygens (including phenoxy) is 2. The second-order valence-corrected chi connectivity index (χ2v) is 7.88. The number of hydrogen-bond donors (Lipinski definition) is 1. The number of alkyl carbamates (subject to hydrolysis) is 1. The van der Waals surface area contributed by atoms with Gasteiger partial charge in [0.1, 0.15) is 6.04 Å². The van der Waals surface area contributed by atoms with E-state index in [1.807, 2.05) is 0 Å². The number of esters is 1. The summed E-state index contributed by atoms with van der Waals surface area (Å²) in [7, 11) is 0. The molecule has 0 aliphatic carbocycles. The molecule has 0 saturated heterocycles. The van der Waals surface area contributed by atoms with Gasteiger partial charge in [-0.15, -0.1) is 6.58 Å². The third kappa shape index (κ3) is 16.0. The summed E-state index contributed by atoms with van der Waals surface area (Å²) in [4.78, 5) is 24.3. The van der Waals surface area contributed by atoms with Crippen LogP contribution in [0.3, 0.4) is 0 Å². The first kappa shape index (κ1) is 27.5. The Morgan fingerprint density at radius 3 is 2.10 bits per heavy atom. The molecule has 5 nitrogen and oxygen atoms in total. The third-order valence-corrected chi connectivity index (χ3v) is 5.21. The number of rotatable bonds is 19. The number of amides is 1. The van der Waals surface area contributed by atoms with Crippen LogP contribution in [0.1, 0.15) is 104 Å². The van der Waals surface area contributed by atoms with Crippen LogP contribution in [-0.2, 0) is 14.3 Å². The standard InChI is InChI=1S/C24H45NO4/c1-5-9-11-12-13-14-15-16-19-28-23(26)22(17-7-3)25-24(27)29-20-21(8-4)18-10-6-2/h7,21-22H,3,5-6,8-20H2,1-2,4H3,(H,25,27). The van der Waals surface area contributed by atoms with Gasteiger partial charge in [0.05, 0.1) is 13.2 Å². The molecule has 0 aromatic rings. The summed E-state index contributed by atoms with van der Waals surface area (Å²) in [5.74, 6) is -0.0460. The van der Waals surface area contributed by atoms with Crippen LogP contribution >= 0.6 is 0 Å². The van der Waals surface area contributed by atoms with Crippen molar-refractivity contribution in [2.24, 2.45) is 5.92 Å². The van der Waals surface area contributed by atoms with Gasteiger partial charge in [-0.3, -0.25) is 0 Å². The quantitative estimate of drug-likeness (QED) is 0.148. The Balaban J connectivity index is 4.06. The maximum Gasteiger partial charge on any atom is 0.407 e. The minimum absolute atomic E-state index is 0.332. The van der Waals surface area contributed by atoms with Gasteiger partial charge in [-0.05, 0) is 25.2 Å². The van der Waals surface area contributed by atoms with E-state index >= 15 is 0 Å². The van der Waals surface area contributed by atoms with E-state index in [0.29, 0.717) is 25.6 Å². The van der Waals surface area contributed by atoms with Crippen LogP contribution in [0.4, 0.5) is 4.79 Å². The maximum atomic E-state index is 12.3. The Kier molecular flexibility index (Phi) is 18.7. The number of unbranched alkanes of at least 4 members (excludes halogenated alkanes) is 8. The molecule has 1 amide bonds. The highest BCUT2D eigenvalue weighted by molar-refractivity contribution is 5.81. The summed E-state index contributed by atoms with van der Waals surface area (Å²) >= 11 is 0. The predicted molar refractivity (Wildman–Crippen MR) is 120 cm³/mol. The lowest BCUT2D eigenvalue weighted by atomic mass is 10.0. The first-order valence-electron chi connectivity index (χ1n) is 11.8. The minimum atomic E-state index is -0.732. The molecule has 0 bridgehead atoms. The zero-order chi connectivity index (χ0) is 21.7. The van der Waals surface area contributed by atoms with E-state index in [9.17, 15) is 9.59 Å². The smallest absolute Gasteiger partial charge is 0.407 e. The molecule has 0 fully saturated rings. The fourth-order valence-electron chi connectivity index (χ4n) is 3.17. The molecule has 5 heteroatoms. The third-order valence-electron chi connectivity index (χ3n) is 5.21. The molecule has 0 rings (SSSR count). The molecule has 0 radical (unpaired) electrons. The van der Waals surface area contributed by atoms with E-state index in [4.69, 9.17) is 9.47 Å². The van der Waals surface area contributed by atoms with Crippen molar-refractivity contribution in [3.05, 3.63) is 12.7 Å². The second-order valence-electron chi connectivity index (χ2n) is 7.88. The zero-order valence-corrected chi connectivity index (χ0v) is 19.2. The van der Waals surface area contributed by atoms with Gasteiger partial charge in [-0.2, -0.15) is 0 Å². The van der Waals surface area contributed by atoms with Crippen LogP contribution in [0.5, 0.6) is 0 Å². The van der Waals surface area contributed by atoms with E-state index in [2.05, 4.69) is 32.7 Å². The first-order chi connectivity index (χ1) is 14.1. The monoisotopic (exact) mass is 411 g/mol. The first-order valence-corrected chi connectivity index (χ1v) is 11.8.